The lowest BCUT2D eigenvalue weighted by molar-refractivity contribution is 0.0773. The van der Waals surface area contributed by atoms with Crippen molar-refractivity contribution in [3.05, 3.63) is 28.8 Å². The van der Waals surface area contributed by atoms with E-state index in [-0.39, 0.29) is 6.61 Å². The molecule has 4 nitrogen and oxygen atoms in total. The monoisotopic (exact) mass is 258 g/mol. The van der Waals surface area contributed by atoms with Gasteiger partial charge in [-0.15, -0.1) is 0 Å². The van der Waals surface area contributed by atoms with Crippen LogP contribution >= 0.6 is 11.6 Å². The first-order chi connectivity index (χ1) is 8.13. The van der Waals surface area contributed by atoms with Crippen LogP contribution in [0, 0.1) is 0 Å². The minimum atomic E-state index is 0.0633. The van der Waals surface area contributed by atoms with E-state index < -0.39 is 0 Å². The molecule has 0 saturated heterocycles. The van der Waals surface area contributed by atoms with Crippen molar-refractivity contribution in [2.45, 2.75) is 6.54 Å². The van der Waals surface area contributed by atoms with Gasteiger partial charge in [0.25, 0.3) is 0 Å². The highest BCUT2D eigenvalue weighted by atomic mass is 35.5. The molecular formula is C12H19ClN2O2. The number of nitrogens with zero attached hydrogens (tertiary/aromatic N) is 1. The molecule has 1 aromatic rings. The Bertz CT molecular complexity index is 347. The van der Waals surface area contributed by atoms with Gasteiger partial charge in [-0.25, -0.2) is 0 Å². The summed E-state index contributed by atoms with van der Waals surface area (Å²) in [6.07, 6.45) is 0. The Kier molecular flexibility index (Phi) is 6.29. The quantitative estimate of drug-likeness (QED) is 0.573. The van der Waals surface area contributed by atoms with Crippen LogP contribution in [0.4, 0.5) is 5.69 Å². The van der Waals surface area contributed by atoms with E-state index in [9.17, 15) is 0 Å². The van der Waals surface area contributed by atoms with Crippen molar-refractivity contribution < 1.29 is 9.84 Å². The van der Waals surface area contributed by atoms with Crippen LogP contribution in [-0.4, -0.2) is 43.4 Å². The maximum absolute atomic E-state index is 8.56. The van der Waals surface area contributed by atoms with E-state index in [1.165, 1.54) is 0 Å². The first kappa shape index (κ1) is 14.3. The molecule has 0 heterocycles. The molecule has 0 aliphatic carbocycles. The van der Waals surface area contributed by atoms with E-state index in [1.807, 2.05) is 19.2 Å². The molecule has 0 saturated carbocycles. The summed E-state index contributed by atoms with van der Waals surface area (Å²) in [7, 11) is 2.00. The van der Waals surface area contributed by atoms with E-state index in [0.717, 1.165) is 18.7 Å². The molecule has 0 spiro atoms. The summed E-state index contributed by atoms with van der Waals surface area (Å²) < 4.78 is 5.20. The Morgan fingerprint density at radius 1 is 1.41 bits per heavy atom. The number of nitrogen functional groups attached to an aromatic ring is 1. The number of hydrogen-bond donors (Lipinski definition) is 2. The fraction of sp³-hybridized carbons (Fsp3) is 0.500. The summed E-state index contributed by atoms with van der Waals surface area (Å²) in [4.78, 5) is 2.11. The van der Waals surface area contributed by atoms with Gasteiger partial charge in [-0.05, 0) is 24.7 Å². The average Bonchev–Trinajstić information content (AvgIpc) is 2.28. The summed E-state index contributed by atoms with van der Waals surface area (Å²) >= 11 is 5.83. The number of hydrogen-bond acceptors (Lipinski definition) is 4. The van der Waals surface area contributed by atoms with Gasteiger partial charge in [-0.2, -0.15) is 0 Å². The zero-order valence-corrected chi connectivity index (χ0v) is 10.8. The predicted octanol–water partition coefficient (Wildman–Crippen LogP) is 1.36. The molecule has 0 amide bonds. The smallest absolute Gasteiger partial charge is 0.0698 e. The Labute approximate surface area is 107 Å². The number of benzene rings is 1. The molecule has 0 radical (unpaired) electrons. The molecule has 0 atom stereocenters. The van der Waals surface area contributed by atoms with Crippen molar-refractivity contribution >= 4 is 17.3 Å². The number of likely N-dealkylation sites (N-methyl/N-ethyl adjacent to an activating group) is 1. The molecule has 1 aromatic carbocycles. The molecule has 0 fully saturated rings. The molecule has 17 heavy (non-hydrogen) atoms. The summed E-state index contributed by atoms with van der Waals surface area (Å²) in [5.41, 5.74) is 7.63. The maximum atomic E-state index is 8.56. The molecule has 3 N–H and O–H groups in total. The van der Waals surface area contributed by atoms with Crippen molar-refractivity contribution in [3.63, 3.8) is 0 Å². The number of rotatable bonds is 7. The van der Waals surface area contributed by atoms with Gasteiger partial charge in [0.1, 0.15) is 0 Å². The van der Waals surface area contributed by atoms with Crippen LogP contribution in [0.5, 0.6) is 0 Å². The first-order valence-electron chi connectivity index (χ1n) is 5.54. The summed E-state index contributed by atoms with van der Waals surface area (Å²) in [5, 5.41) is 9.21. The van der Waals surface area contributed by atoms with Crippen molar-refractivity contribution in [2.24, 2.45) is 0 Å². The minimum Gasteiger partial charge on any atom is -0.398 e. The molecule has 0 aromatic heterocycles. The van der Waals surface area contributed by atoms with E-state index in [0.29, 0.717) is 23.9 Å². The fourth-order valence-corrected chi connectivity index (χ4v) is 1.65. The molecule has 0 aliphatic heterocycles. The van der Waals surface area contributed by atoms with Gasteiger partial charge in [0, 0.05) is 23.8 Å². The van der Waals surface area contributed by atoms with Gasteiger partial charge in [0.15, 0.2) is 0 Å². The standard InChI is InChI=1S/C12H19ClN2O2/c1-15(4-6-17-7-5-16)9-10-2-3-11(13)8-12(10)14/h2-3,8,16H,4-7,9,14H2,1H3. The SMILES string of the molecule is CN(CCOCCO)Cc1ccc(Cl)cc1N. The molecule has 1 rings (SSSR count). The van der Waals surface area contributed by atoms with Crippen molar-refractivity contribution in [2.75, 3.05) is 39.1 Å². The van der Waals surface area contributed by atoms with Crippen molar-refractivity contribution in [1.82, 2.24) is 4.90 Å². The van der Waals surface area contributed by atoms with Crippen LogP contribution in [0.1, 0.15) is 5.56 Å². The lowest BCUT2D eigenvalue weighted by Crippen LogP contribution is -2.23. The van der Waals surface area contributed by atoms with Crippen LogP contribution in [0.2, 0.25) is 5.02 Å². The molecule has 0 bridgehead atoms. The third-order valence-corrected chi connectivity index (χ3v) is 2.64. The minimum absolute atomic E-state index is 0.0633. The average molecular weight is 259 g/mol. The largest absolute Gasteiger partial charge is 0.398 e. The number of aliphatic hydroxyl groups is 1. The second kappa shape index (κ2) is 7.50. The van der Waals surface area contributed by atoms with Crippen LogP contribution < -0.4 is 5.73 Å². The van der Waals surface area contributed by atoms with E-state index in [2.05, 4.69) is 4.90 Å². The topological polar surface area (TPSA) is 58.7 Å². The number of nitrogens with two attached hydrogens (primary N) is 1. The zero-order valence-electron chi connectivity index (χ0n) is 10.0. The number of aliphatic hydroxyl groups excluding tert-OH is 1. The molecule has 0 unspecified atom stereocenters. The lowest BCUT2D eigenvalue weighted by Gasteiger charge is -2.17. The highest BCUT2D eigenvalue weighted by Crippen LogP contribution is 2.18. The molecule has 5 heteroatoms. The van der Waals surface area contributed by atoms with Gasteiger partial charge in [-0.1, -0.05) is 17.7 Å². The summed E-state index contributed by atoms with van der Waals surface area (Å²) in [6, 6.07) is 5.53. The summed E-state index contributed by atoms with van der Waals surface area (Å²) in [6.45, 7) is 2.60. The molecular weight excluding hydrogens is 240 g/mol. The highest BCUT2D eigenvalue weighted by molar-refractivity contribution is 6.30. The van der Waals surface area contributed by atoms with Crippen LogP contribution in [0.25, 0.3) is 0 Å². The van der Waals surface area contributed by atoms with Crippen molar-refractivity contribution in [1.29, 1.82) is 0 Å². The fourth-order valence-electron chi connectivity index (χ4n) is 1.47. The van der Waals surface area contributed by atoms with Gasteiger partial charge in [0.2, 0.25) is 0 Å². The molecule has 96 valence electrons. The highest BCUT2D eigenvalue weighted by Gasteiger charge is 2.04. The zero-order chi connectivity index (χ0) is 12.7. The first-order valence-corrected chi connectivity index (χ1v) is 5.92. The van der Waals surface area contributed by atoms with Crippen LogP contribution in [-0.2, 0) is 11.3 Å². The number of anilines is 1. The van der Waals surface area contributed by atoms with Crippen LogP contribution in [0.15, 0.2) is 18.2 Å². The second-order valence-corrected chi connectivity index (χ2v) is 4.35. The Hall–Kier alpha value is -0.810. The Balaban J connectivity index is 2.37. The maximum Gasteiger partial charge on any atom is 0.0698 e. The third kappa shape index (κ3) is 5.37. The van der Waals surface area contributed by atoms with Crippen molar-refractivity contribution in [3.8, 4) is 0 Å². The lowest BCUT2D eigenvalue weighted by atomic mass is 10.2. The van der Waals surface area contributed by atoms with Gasteiger partial charge < -0.3 is 15.6 Å². The van der Waals surface area contributed by atoms with E-state index >= 15 is 0 Å². The van der Waals surface area contributed by atoms with Gasteiger partial charge >= 0.3 is 0 Å². The second-order valence-electron chi connectivity index (χ2n) is 3.92. The van der Waals surface area contributed by atoms with Gasteiger partial charge in [0.05, 0.1) is 19.8 Å². The predicted molar refractivity (Wildman–Crippen MR) is 70.1 cm³/mol. The number of halogens is 1. The third-order valence-electron chi connectivity index (χ3n) is 2.40. The Morgan fingerprint density at radius 2 is 2.18 bits per heavy atom. The number of ether oxygens (including phenoxy) is 1. The van der Waals surface area contributed by atoms with Crippen LogP contribution in [0.3, 0.4) is 0 Å². The summed E-state index contributed by atoms with van der Waals surface area (Å²) in [5.74, 6) is 0. The van der Waals surface area contributed by atoms with E-state index in [4.69, 9.17) is 27.2 Å². The van der Waals surface area contributed by atoms with Gasteiger partial charge in [-0.3, -0.25) is 4.90 Å². The Morgan fingerprint density at radius 3 is 2.82 bits per heavy atom. The molecule has 0 aliphatic rings. The van der Waals surface area contributed by atoms with E-state index in [1.54, 1.807) is 6.07 Å². The normalized spacial score (nSPS) is 11.1.